The summed E-state index contributed by atoms with van der Waals surface area (Å²) in [7, 11) is 1.24. The minimum Gasteiger partial charge on any atom is -0.467 e. The largest absolute Gasteiger partial charge is 0.467 e. The van der Waals surface area contributed by atoms with Crippen molar-refractivity contribution in [2.24, 2.45) is 0 Å². The van der Waals surface area contributed by atoms with Crippen molar-refractivity contribution < 1.29 is 38.1 Å². The van der Waals surface area contributed by atoms with Crippen molar-refractivity contribution in [3.8, 4) is 0 Å². The van der Waals surface area contributed by atoms with Crippen LogP contribution in [0.1, 0.15) is 38.2 Å². The number of halogens is 1. The number of benzene rings is 1. The molecule has 1 unspecified atom stereocenters. The van der Waals surface area contributed by atoms with Crippen molar-refractivity contribution in [2.45, 2.75) is 50.9 Å². The second kappa shape index (κ2) is 10.2. The van der Waals surface area contributed by atoms with Crippen LogP contribution in [0.2, 0.25) is 0 Å². The van der Waals surface area contributed by atoms with Crippen LogP contribution < -0.4 is 5.32 Å². The first-order chi connectivity index (χ1) is 14.9. The van der Waals surface area contributed by atoms with E-state index in [1.807, 2.05) is 0 Å². The first-order valence-electron chi connectivity index (χ1n) is 9.94. The van der Waals surface area contributed by atoms with E-state index < -0.39 is 56.6 Å². The third-order valence-corrected chi connectivity index (χ3v) is 7.65. The van der Waals surface area contributed by atoms with Crippen molar-refractivity contribution in [1.82, 2.24) is 5.32 Å². The molecule has 168 valence electrons. The second-order valence-electron chi connectivity index (χ2n) is 7.08. The summed E-state index contributed by atoms with van der Waals surface area (Å²) in [6.07, 6.45) is 2.32. The van der Waals surface area contributed by atoms with Gasteiger partial charge in [0.2, 0.25) is 0 Å². The predicted molar refractivity (Wildman–Crippen MR) is 117 cm³/mol. The van der Waals surface area contributed by atoms with Gasteiger partial charge in [0.05, 0.1) is 13.7 Å². The Kier molecular flexibility index (Phi) is 7.63. The normalized spacial score (nSPS) is 18.2. The summed E-state index contributed by atoms with van der Waals surface area (Å²) in [5.41, 5.74) is 0.767. The van der Waals surface area contributed by atoms with E-state index in [0.29, 0.717) is 12.8 Å². The van der Waals surface area contributed by atoms with Gasteiger partial charge in [0.25, 0.3) is 5.79 Å². The molecule has 31 heavy (non-hydrogen) atoms. The summed E-state index contributed by atoms with van der Waals surface area (Å²) in [5, 5.41) is 2.48. The molecule has 1 aliphatic heterocycles. The van der Waals surface area contributed by atoms with Gasteiger partial charge in [-0.1, -0.05) is 32.9 Å². The zero-order valence-corrected chi connectivity index (χ0v) is 19.4. The molecule has 1 saturated heterocycles. The Labute approximate surface area is 189 Å². The third-order valence-electron chi connectivity index (χ3n) is 4.89. The lowest BCUT2D eigenvalue weighted by Gasteiger charge is -2.32. The van der Waals surface area contributed by atoms with E-state index in [9.17, 15) is 19.2 Å². The van der Waals surface area contributed by atoms with Crippen molar-refractivity contribution >= 4 is 48.2 Å². The minimum atomic E-state index is -1.09. The average molecular weight is 545 g/mol. The SMILES string of the molecule is CCOC(=O)NC(Cc1ccc(I=C2C(=O)OC3(CCCC3)OC2=O)cc1)C(=O)OC. The highest BCUT2D eigenvalue weighted by molar-refractivity contribution is 14.2. The van der Waals surface area contributed by atoms with Crippen molar-refractivity contribution in [3.05, 3.63) is 33.4 Å². The van der Waals surface area contributed by atoms with Gasteiger partial charge in [0, 0.05) is 22.8 Å². The molecule has 3 rings (SSSR count). The maximum absolute atomic E-state index is 12.4. The zero-order valence-electron chi connectivity index (χ0n) is 17.3. The predicted octanol–water partition coefficient (Wildman–Crippen LogP) is 2.20. The van der Waals surface area contributed by atoms with Crippen molar-refractivity contribution in [1.29, 1.82) is 0 Å². The van der Waals surface area contributed by atoms with E-state index in [2.05, 4.69) is 5.32 Å². The molecule has 1 aromatic carbocycles. The van der Waals surface area contributed by atoms with Gasteiger partial charge in [-0.25, -0.2) is 19.2 Å². The van der Waals surface area contributed by atoms with Crippen LogP contribution in [0.4, 0.5) is 4.79 Å². The number of ether oxygens (including phenoxy) is 4. The molecule has 1 saturated carbocycles. The Balaban J connectivity index is 1.69. The molecule has 2 fully saturated rings. The van der Waals surface area contributed by atoms with E-state index >= 15 is 0 Å². The molecule has 1 aromatic rings. The maximum atomic E-state index is 12.4. The molecule has 0 aromatic heterocycles. The van der Waals surface area contributed by atoms with E-state index in [-0.39, 0.29) is 16.5 Å². The molecule has 1 heterocycles. The van der Waals surface area contributed by atoms with E-state index in [4.69, 9.17) is 18.9 Å². The van der Waals surface area contributed by atoms with Gasteiger partial charge in [-0.3, -0.25) is 0 Å². The topological polar surface area (TPSA) is 117 Å². The number of hydrogen-bond acceptors (Lipinski definition) is 8. The molecule has 9 nitrogen and oxygen atoms in total. The van der Waals surface area contributed by atoms with Crippen LogP contribution in [0.5, 0.6) is 0 Å². The number of nitrogens with one attached hydrogen (secondary N) is 1. The Bertz CT molecular complexity index is 867. The Hall–Kier alpha value is -2.50. The molecule has 1 aliphatic carbocycles. The fraction of sp³-hybridized carbons (Fsp3) is 0.476. The monoisotopic (exact) mass is 545 g/mol. The Morgan fingerprint density at radius 1 is 1.13 bits per heavy atom. The Morgan fingerprint density at radius 3 is 2.29 bits per heavy atom. The quantitative estimate of drug-likeness (QED) is 0.329. The number of rotatable bonds is 6. The summed E-state index contributed by atoms with van der Waals surface area (Å²) >= 11 is -1.09. The number of esters is 3. The van der Waals surface area contributed by atoms with Crippen LogP contribution in [0.25, 0.3) is 0 Å². The molecule has 1 atom stereocenters. The molecular formula is C21H24INO8. The number of carbonyl (C=O) groups excluding carboxylic acids is 4. The summed E-state index contributed by atoms with van der Waals surface area (Å²) in [6.45, 7) is 1.85. The number of amides is 1. The minimum absolute atomic E-state index is 0.0699. The molecule has 10 heteroatoms. The number of hydrogen-bond donors (Lipinski definition) is 1. The van der Waals surface area contributed by atoms with Crippen LogP contribution in [-0.2, 0) is 39.8 Å². The van der Waals surface area contributed by atoms with Crippen LogP contribution in [0.3, 0.4) is 0 Å². The fourth-order valence-corrected chi connectivity index (χ4v) is 5.41. The summed E-state index contributed by atoms with van der Waals surface area (Å²) in [6, 6.07) is 6.22. The van der Waals surface area contributed by atoms with Gasteiger partial charge in [-0.15, -0.1) is 0 Å². The van der Waals surface area contributed by atoms with Crippen molar-refractivity contribution in [2.75, 3.05) is 13.7 Å². The highest BCUT2D eigenvalue weighted by Gasteiger charge is 2.48. The fourth-order valence-electron chi connectivity index (χ4n) is 3.41. The summed E-state index contributed by atoms with van der Waals surface area (Å²) in [5.74, 6) is -2.83. The van der Waals surface area contributed by atoms with E-state index in [1.54, 1.807) is 31.2 Å². The zero-order chi connectivity index (χ0) is 22.4. The lowest BCUT2D eigenvalue weighted by Crippen LogP contribution is -2.48. The average Bonchev–Trinajstić information content (AvgIpc) is 3.18. The molecule has 2 aliphatic rings. The molecule has 1 spiro atoms. The number of alkyl carbamates (subject to hydrolysis) is 1. The second-order valence-corrected chi connectivity index (χ2v) is 9.94. The molecule has 0 bridgehead atoms. The van der Waals surface area contributed by atoms with Crippen molar-refractivity contribution in [3.63, 3.8) is 0 Å². The van der Waals surface area contributed by atoms with E-state index in [1.165, 1.54) is 7.11 Å². The van der Waals surface area contributed by atoms with Gasteiger partial charge in [-0.05, 0) is 37.5 Å². The summed E-state index contributed by atoms with van der Waals surface area (Å²) in [4.78, 5) is 48.5. The van der Waals surface area contributed by atoms with Crippen LogP contribution in [0, 0.1) is 3.57 Å². The van der Waals surface area contributed by atoms with Gasteiger partial charge < -0.3 is 24.3 Å². The van der Waals surface area contributed by atoms with Gasteiger partial charge in [-0.2, -0.15) is 0 Å². The number of methoxy groups -OCH3 is 1. The van der Waals surface area contributed by atoms with Crippen LogP contribution in [-0.4, -0.2) is 53.1 Å². The lowest BCUT2D eigenvalue weighted by atomic mass is 10.1. The standard InChI is InChI=1S/C21H24INO8/c1-3-29-20(27)23-15(17(24)28-2)12-13-6-8-14(9-7-13)22-16-18(25)30-21(31-19(16)26)10-4-5-11-21/h6-9,15H,3-5,10-12H2,1-2H3,(H,23,27). The Morgan fingerprint density at radius 2 is 1.74 bits per heavy atom. The molecule has 1 amide bonds. The highest BCUT2D eigenvalue weighted by Crippen LogP contribution is 2.37. The first kappa shape index (κ1) is 23.2. The highest BCUT2D eigenvalue weighted by atomic mass is 127. The lowest BCUT2D eigenvalue weighted by molar-refractivity contribution is -0.224. The third kappa shape index (κ3) is 5.81. The van der Waals surface area contributed by atoms with Gasteiger partial charge in [0.15, 0.2) is 3.51 Å². The van der Waals surface area contributed by atoms with E-state index in [0.717, 1.165) is 22.0 Å². The molecule has 1 N–H and O–H groups in total. The van der Waals surface area contributed by atoms with Crippen LogP contribution >= 0.6 is 20.7 Å². The molecular weight excluding hydrogens is 521 g/mol. The summed E-state index contributed by atoms with van der Waals surface area (Å²) < 4.78 is 21.4. The smallest absolute Gasteiger partial charge is 0.407 e. The molecule has 0 radical (unpaired) electrons. The van der Waals surface area contributed by atoms with Crippen LogP contribution in [0.15, 0.2) is 24.3 Å². The van der Waals surface area contributed by atoms with Gasteiger partial charge in [0.1, 0.15) is 6.04 Å². The number of carbonyl (C=O) groups is 4. The maximum Gasteiger partial charge on any atom is 0.407 e. The first-order valence-corrected chi connectivity index (χ1v) is 12.1. The van der Waals surface area contributed by atoms with Gasteiger partial charge >= 0.3 is 24.0 Å².